The molecular formula is C15H27N3O. The molecule has 4 nitrogen and oxygen atoms in total. The molecule has 2 atom stereocenters. The van der Waals surface area contributed by atoms with Crippen molar-refractivity contribution < 1.29 is 4.74 Å². The first-order chi connectivity index (χ1) is 8.81. The Hall–Kier alpha value is -1.00. The van der Waals surface area contributed by atoms with Crippen molar-refractivity contribution in [3.05, 3.63) is 23.3 Å². The van der Waals surface area contributed by atoms with E-state index in [0.29, 0.717) is 0 Å². The molecule has 0 bridgehead atoms. The molecule has 0 amide bonds. The topological polar surface area (TPSA) is 47.0 Å². The minimum absolute atomic E-state index is 0.0179. The van der Waals surface area contributed by atoms with Crippen LogP contribution in [0.5, 0.6) is 0 Å². The zero-order valence-corrected chi connectivity index (χ0v) is 13.2. The van der Waals surface area contributed by atoms with Gasteiger partial charge < -0.3 is 10.1 Å². The van der Waals surface area contributed by atoms with Gasteiger partial charge in [-0.1, -0.05) is 27.7 Å². The Morgan fingerprint density at radius 1 is 1.37 bits per heavy atom. The number of methoxy groups -OCH3 is 1. The van der Waals surface area contributed by atoms with Crippen LogP contribution < -0.4 is 5.32 Å². The van der Waals surface area contributed by atoms with Gasteiger partial charge in [-0.3, -0.25) is 0 Å². The van der Waals surface area contributed by atoms with E-state index in [1.807, 2.05) is 13.1 Å². The van der Waals surface area contributed by atoms with Gasteiger partial charge in [0.1, 0.15) is 6.10 Å². The van der Waals surface area contributed by atoms with Gasteiger partial charge in [-0.05, 0) is 25.8 Å². The third-order valence-corrected chi connectivity index (χ3v) is 3.27. The van der Waals surface area contributed by atoms with Gasteiger partial charge in [-0.15, -0.1) is 0 Å². The molecule has 19 heavy (non-hydrogen) atoms. The van der Waals surface area contributed by atoms with E-state index < -0.39 is 0 Å². The van der Waals surface area contributed by atoms with Gasteiger partial charge in [0.2, 0.25) is 0 Å². The lowest BCUT2D eigenvalue weighted by Crippen LogP contribution is -2.24. The molecule has 0 aliphatic heterocycles. The van der Waals surface area contributed by atoms with Gasteiger partial charge in [0.15, 0.2) is 5.82 Å². The van der Waals surface area contributed by atoms with E-state index in [2.05, 4.69) is 49.9 Å². The second kappa shape index (κ2) is 6.44. The van der Waals surface area contributed by atoms with Crippen LogP contribution in [-0.2, 0) is 4.74 Å². The van der Waals surface area contributed by atoms with E-state index in [4.69, 9.17) is 4.74 Å². The summed E-state index contributed by atoms with van der Waals surface area (Å²) >= 11 is 0. The molecule has 0 radical (unpaired) electrons. The molecule has 0 saturated carbocycles. The van der Waals surface area contributed by atoms with E-state index in [1.165, 1.54) is 0 Å². The molecule has 0 aliphatic carbocycles. The summed E-state index contributed by atoms with van der Waals surface area (Å²) in [5.74, 6) is 0.764. The normalized spacial score (nSPS) is 15.3. The maximum atomic E-state index is 5.56. The first kappa shape index (κ1) is 16.1. The highest BCUT2D eigenvalue weighted by molar-refractivity contribution is 5.20. The second-order valence-corrected chi connectivity index (χ2v) is 6.03. The third-order valence-electron chi connectivity index (χ3n) is 3.27. The van der Waals surface area contributed by atoms with Crippen LogP contribution in [-0.4, -0.2) is 23.6 Å². The summed E-state index contributed by atoms with van der Waals surface area (Å²) < 4.78 is 5.56. The van der Waals surface area contributed by atoms with Crippen LogP contribution >= 0.6 is 0 Å². The molecule has 0 spiro atoms. The van der Waals surface area contributed by atoms with Gasteiger partial charge in [-0.2, -0.15) is 0 Å². The number of aryl methyl sites for hydroxylation is 1. The number of hydrogen-bond donors (Lipinski definition) is 1. The molecule has 4 heteroatoms. The minimum Gasteiger partial charge on any atom is -0.373 e. The number of hydrogen-bond acceptors (Lipinski definition) is 4. The Balaban J connectivity index is 3.05. The van der Waals surface area contributed by atoms with Crippen molar-refractivity contribution in [3.8, 4) is 0 Å². The minimum atomic E-state index is -0.0882. The van der Waals surface area contributed by atoms with Crippen LogP contribution in [0.3, 0.4) is 0 Å². The molecule has 108 valence electrons. The van der Waals surface area contributed by atoms with E-state index >= 15 is 0 Å². The maximum Gasteiger partial charge on any atom is 0.157 e. The number of aromatic nitrogens is 2. The van der Waals surface area contributed by atoms with E-state index in [0.717, 1.165) is 23.6 Å². The Morgan fingerprint density at radius 2 is 2.00 bits per heavy atom. The lowest BCUT2D eigenvalue weighted by Gasteiger charge is -2.28. The van der Waals surface area contributed by atoms with Crippen LogP contribution in [0.2, 0.25) is 0 Å². The van der Waals surface area contributed by atoms with Crippen molar-refractivity contribution in [1.29, 1.82) is 0 Å². The number of rotatable bonds is 5. The van der Waals surface area contributed by atoms with Crippen molar-refractivity contribution in [1.82, 2.24) is 15.3 Å². The SMILES string of the molecule is CCNC(C)c1cnc(C(OC)C(C)(C)C)nc1C. The largest absolute Gasteiger partial charge is 0.373 e. The van der Waals surface area contributed by atoms with Gasteiger partial charge in [-0.25, -0.2) is 9.97 Å². The fraction of sp³-hybridized carbons (Fsp3) is 0.733. The quantitative estimate of drug-likeness (QED) is 0.888. The van der Waals surface area contributed by atoms with Gasteiger partial charge in [0.25, 0.3) is 0 Å². The number of nitrogens with one attached hydrogen (secondary N) is 1. The molecule has 0 fully saturated rings. The summed E-state index contributed by atoms with van der Waals surface area (Å²) in [7, 11) is 1.71. The molecule has 1 heterocycles. The van der Waals surface area contributed by atoms with Crippen molar-refractivity contribution >= 4 is 0 Å². The van der Waals surface area contributed by atoms with E-state index in [9.17, 15) is 0 Å². The highest BCUT2D eigenvalue weighted by Gasteiger charge is 2.29. The Morgan fingerprint density at radius 3 is 2.42 bits per heavy atom. The van der Waals surface area contributed by atoms with E-state index in [1.54, 1.807) is 7.11 Å². The average molecular weight is 265 g/mol. The van der Waals surface area contributed by atoms with Crippen molar-refractivity contribution in [2.45, 2.75) is 53.7 Å². The molecule has 0 saturated heterocycles. The summed E-state index contributed by atoms with van der Waals surface area (Å²) in [5.41, 5.74) is 2.15. The molecular weight excluding hydrogens is 238 g/mol. The molecule has 1 aromatic heterocycles. The summed E-state index contributed by atoms with van der Waals surface area (Å²) in [6.07, 6.45) is 1.83. The molecule has 1 aromatic rings. The van der Waals surface area contributed by atoms with Crippen molar-refractivity contribution in [2.24, 2.45) is 5.41 Å². The molecule has 0 aliphatic rings. The standard InChI is InChI=1S/C15H27N3O/c1-8-16-10(2)12-9-17-14(18-11(12)3)13(19-7)15(4,5)6/h9-10,13,16H,8H2,1-7H3. The van der Waals surface area contributed by atoms with Gasteiger partial charge in [0.05, 0.1) is 0 Å². The fourth-order valence-corrected chi connectivity index (χ4v) is 2.31. The second-order valence-electron chi connectivity index (χ2n) is 6.03. The van der Waals surface area contributed by atoms with Crippen LogP contribution in [0.4, 0.5) is 0 Å². The summed E-state index contributed by atoms with van der Waals surface area (Å²) in [5, 5.41) is 3.38. The van der Waals surface area contributed by atoms with Gasteiger partial charge in [0, 0.05) is 30.6 Å². The zero-order valence-electron chi connectivity index (χ0n) is 13.2. The van der Waals surface area contributed by atoms with Crippen LogP contribution in [0.25, 0.3) is 0 Å². The average Bonchev–Trinajstić information content (AvgIpc) is 2.28. The Kier molecular flexibility index (Phi) is 5.44. The Bertz CT molecular complexity index is 412. The predicted octanol–water partition coefficient (Wildman–Crippen LogP) is 3.19. The van der Waals surface area contributed by atoms with Crippen molar-refractivity contribution in [3.63, 3.8) is 0 Å². The van der Waals surface area contributed by atoms with Crippen LogP contribution in [0.1, 0.15) is 63.8 Å². The lowest BCUT2D eigenvalue weighted by atomic mass is 9.88. The molecule has 1 N–H and O–H groups in total. The number of ether oxygens (including phenoxy) is 1. The smallest absolute Gasteiger partial charge is 0.157 e. The van der Waals surface area contributed by atoms with Crippen molar-refractivity contribution in [2.75, 3.05) is 13.7 Å². The summed E-state index contributed by atoms with van der Waals surface area (Å²) in [4.78, 5) is 9.14. The zero-order chi connectivity index (χ0) is 14.6. The molecule has 0 aromatic carbocycles. The molecule has 2 unspecified atom stereocenters. The number of nitrogens with zero attached hydrogens (tertiary/aromatic N) is 2. The highest BCUT2D eigenvalue weighted by atomic mass is 16.5. The monoisotopic (exact) mass is 265 g/mol. The first-order valence-corrected chi connectivity index (χ1v) is 6.90. The Labute approximate surface area is 117 Å². The van der Waals surface area contributed by atoms with Crippen LogP contribution in [0, 0.1) is 12.3 Å². The summed E-state index contributed by atoms with van der Waals surface area (Å²) in [6, 6.07) is 0.273. The third kappa shape index (κ3) is 3.98. The highest BCUT2D eigenvalue weighted by Crippen LogP contribution is 2.33. The van der Waals surface area contributed by atoms with Crippen LogP contribution in [0.15, 0.2) is 6.20 Å². The molecule has 1 rings (SSSR count). The predicted molar refractivity (Wildman–Crippen MR) is 78.1 cm³/mol. The first-order valence-electron chi connectivity index (χ1n) is 6.90. The lowest BCUT2D eigenvalue weighted by molar-refractivity contribution is 0.00848. The van der Waals surface area contributed by atoms with E-state index in [-0.39, 0.29) is 17.6 Å². The van der Waals surface area contributed by atoms with Gasteiger partial charge >= 0.3 is 0 Å². The fourth-order valence-electron chi connectivity index (χ4n) is 2.31. The maximum absolute atomic E-state index is 5.56. The summed E-state index contributed by atoms with van der Waals surface area (Å²) in [6.45, 7) is 13.6.